The van der Waals surface area contributed by atoms with Gasteiger partial charge in [-0.25, -0.2) is 15.0 Å². The summed E-state index contributed by atoms with van der Waals surface area (Å²) in [5, 5.41) is 5.09. The van der Waals surface area contributed by atoms with E-state index < -0.39 is 23.0 Å². The first kappa shape index (κ1) is 25.9. The van der Waals surface area contributed by atoms with Crippen LogP contribution in [-0.4, -0.2) is 45.7 Å². The maximum atomic E-state index is 13.4. The van der Waals surface area contributed by atoms with Gasteiger partial charge < -0.3 is 14.6 Å². The highest BCUT2D eigenvalue weighted by Gasteiger charge is 2.33. The molecule has 2 saturated heterocycles. The quantitative estimate of drug-likeness (QED) is 0.416. The minimum absolute atomic E-state index is 0.145. The Hall–Kier alpha value is -3.71. The van der Waals surface area contributed by atoms with Crippen molar-refractivity contribution in [3.05, 3.63) is 64.6 Å². The molecule has 38 heavy (non-hydrogen) atoms. The van der Waals surface area contributed by atoms with E-state index in [1.54, 1.807) is 36.5 Å². The average Bonchev–Trinajstić information content (AvgIpc) is 3.54. The molecule has 0 aromatic carbocycles. The fraction of sp³-hybridized carbons (Fsp3) is 0.320. The minimum atomic E-state index is -4.56. The predicted octanol–water partition coefficient (Wildman–Crippen LogP) is 4.48. The summed E-state index contributed by atoms with van der Waals surface area (Å²) in [6, 6.07) is 7.52. The summed E-state index contributed by atoms with van der Waals surface area (Å²) < 4.78 is 45.4. The number of carbonyl (C=O) groups excluding carboxylic acids is 2. The molecule has 5 rings (SSSR count). The molecule has 2 aliphatic rings. The summed E-state index contributed by atoms with van der Waals surface area (Å²) in [5.74, 6) is 0.732. The fourth-order valence-electron chi connectivity index (χ4n) is 4.29. The normalized spacial score (nSPS) is 17.9. The van der Waals surface area contributed by atoms with Crippen LogP contribution in [0.25, 0.3) is 17.5 Å². The van der Waals surface area contributed by atoms with Crippen LogP contribution in [0.3, 0.4) is 0 Å². The van der Waals surface area contributed by atoms with Crippen LogP contribution in [-0.2, 0) is 17.5 Å². The van der Waals surface area contributed by atoms with Crippen molar-refractivity contribution >= 4 is 34.9 Å². The molecule has 3 aromatic heterocycles. The van der Waals surface area contributed by atoms with Gasteiger partial charge in [0.1, 0.15) is 11.4 Å². The van der Waals surface area contributed by atoms with Gasteiger partial charge >= 0.3 is 6.18 Å². The molecule has 0 radical (unpaired) electrons. The third kappa shape index (κ3) is 6.22. The molecule has 2 fully saturated rings. The summed E-state index contributed by atoms with van der Waals surface area (Å²) in [7, 11) is 0. The van der Waals surface area contributed by atoms with Crippen LogP contribution in [0.1, 0.15) is 29.8 Å². The van der Waals surface area contributed by atoms with Crippen molar-refractivity contribution in [3.8, 4) is 11.5 Å². The minimum Gasteiger partial charge on any atom is -0.463 e. The lowest BCUT2D eigenvalue weighted by Crippen LogP contribution is -2.38. The van der Waals surface area contributed by atoms with E-state index in [1.165, 1.54) is 6.26 Å². The molecular weight excluding hydrogens is 521 g/mol. The molecule has 9 nitrogen and oxygen atoms in total. The smallest absolute Gasteiger partial charge is 0.433 e. The second-order valence-corrected chi connectivity index (χ2v) is 9.93. The number of amides is 2. The zero-order chi connectivity index (χ0) is 26.7. The van der Waals surface area contributed by atoms with Crippen LogP contribution in [0, 0.1) is 5.92 Å². The highest BCUT2D eigenvalue weighted by molar-refractivity contribution is 8.18. The number of alkyl halides is 3. The number of furan rings is 1. The van der Waals surface area contributed by atoms with Gasteiger partial charge in [-0.15, -0.1) is 0 Å². The number of hydrogen-bond acceptors (Lipinski definition) is 9. The van der Waals surface area contributed by atoms with Crippen molar-refractivity contribution < 1.29 is 27.2 Å². The highest BCUT2D eigenvalue weighted by Crippen LogP contribution is 2.31. The summed E-state index contributed by atoms with van der Waals surface area (Å²) in [6.07, 6.45) is 1.73. The Morgan fingerprint density at radius 1 is 1.18 bits per heavy atom. The molecule has 0 aliphatic carbocycles. The maximum absolute atomic E-state index is 13.4. The van der Waals surface area contributed by atoms with Gasteiger partial charge in [-0.3, -0.25) is 14.9 Å². The standard InChI is InChI=1S/C25H23F3N6O3S/c26-25(27,28)21-11-16(10-18(32-21)19-2-1-9-37-19)14-29-13-15-4-7-34(8-5-15)23-30-6-3-17(31-23)12-20-22(35)33-24(36)38-20/h1-3,6,9-12,15,29H,4-5,7-8,13-14H2,(H,33,35,36)/b20-12+. The summed E-state index contributed by atoms with van der Waals surface area (Å²) in [4.78, 5) is 38.1. The first-order chi connectivity index (χ1) is 18.2. The lowest BCUT2D eigenvalue weighted by molar-refractivity contribution is -0.141. The number of carbonyl (C=O) groups is 2. The van der Waals surface area contributed by atoms with Crippen molar-refractivity contribution in [2.24, 2.45) is 5.92 Å². The number of piperidine rings is 1. The number of nitrogens with one attached hydrogen (secondary N) is 2. The highest BCUT2D eigenvalue weighted by atomic mass is 32.2. The van der Waals surface area contributed by atoms with Crippen LogP contribution >= 0.6 is 11.8 Å². The number of anilines is 1. The molecular formula is C25H23F3N6O3S. The first-order valence-electron chi connectivity index (χ1n) is 11.9. The number of thioether (sulfide) groups is 1. The van der Waals surface area contributed by atoms with E-state index in [0.717, 1.165) is 43.8 Å². The van der Waals surface area contributed by atoms with Gasteiger partial charge in [-0.2, -0.15) is 13.2 Å². The lowest BCUT2D eigenvalue weighted by Gasteiger charge is -2.32. The fourth-order valence-corrected chi connectivity index (χ4v) is 4.96. The van der Waals surface area contributed by atoms with Gasteiger partial charge in [0, 0.05) is 25.8 Å². The molecule has 3 aromatic rings. The Morgan fingerprint density at radius 2 is 2.00 bits per heavy atom. The number of halogens is 3. The topological polar surface area (TPSA) is 113 Å². The van der Waals surface area contributed by atoms with Crippen LogP contribution in [0.15, 0.2) is 52.1 Å². The van der Waals surface area contributed by atoms with E-state index in [-0.39, 0.29) is 22.9 Å². The number of imide groups is 1. The molecule has 2 N–H and O–H groups in total. The molecule has 13 heteroatoms. The average molecular weight is 545 g/mol. The van der Waals surface area contributed by atoms with Crippen LogP contribution in [0.4, 0.5) is 23.9 Å². The van der Waals surface area contributed by atoms with E-state index in [2.05, 4.69) is 30.5 Å². The molecule has 5 heterocycles. The second kappa shape index (κ2) is 11.0. The van der Waals surface area contributed by atoms with Crippen molar-refractivity contribution in [1.29, 1.82) is 0 Å². The van der Waals surface area contributed by atoms with Gasteiger partial charge in [0.05, 0.1) is 16.9 Å². The lowest BCUT2D eigenvalue weighted by atomic mass is 9.97. The SMILES string of the molecule is O=C1NC(=O)/C(=C\c2ccnc(N3CCC(CNCc4cc(-c5ccco5)nc(C(F)(F)F)c4)CC3)n2)S1. The predicted molar refractivity (Wildman–Crippen MR) is 135 cm³/mol. The monoisotopic (exact) mass is 544 g/mol. The van der Waals surface area contributed by atoms with E-state index in [4.69, 9.17) is 4.42 Å². The Labute approximate surface area is 219 Å². The second-order valence-electron chi connectivity index (χ2n) is 8.92. The third-order valence-electron chi connectivity index (χ3n) is 6.19. The van der Waals surface area contributed by atoms with Crippen LogP contribution in [0.5, 0.6) is 0 Å². The Bertz CT molecular complexity index is 1350. The van der Waals surface area contributed by atoms with E-state index in [1.807, 2.05) is 0 Å². The van der Waals surface area contributed by atoms with Crippen LogP contribution < -0.4 is 15.5 Å². The molecule has 2 amide bonds. The van der Waals surface area contributed by atoms with E-state index >= 15 is 0 Å². The molecule has 0 atom stereocenters. The molecule has 198 valence electrons. The number of nitrogens with zero attached hydrogens (tertiary/aromatic N) is 4. The molecule has 0 saturated carbocycles. The maximum Gasteiger partial charge on any atom is 0.433 e. The Morgan fingerprint density at radius 3 is 2.68 bits per heavy atom. The largest absolute Gasteiger partial charge is 0.463 e. The first-order valence-corrected chi connectivity index (χ1v) is 12.7. The van der Waals surface area contributed by atoms with Crippen molar-refractivity contribution in [2.45, 2.75) is 25.6 Å². The van der Waals surface area contributed by atoms with Crippen molar-refractivity contribution in [3.63, 3.8) is 0 Å². The summed E-state index contributed by atoms with van der Waals surface area (Å²) >= 11 is 0.835. The zero-order valence-corrected chi connectivity index (χ0v) is 20.8. The third-order valence-corrected chi connectivity index (χ3v) is 7.00. The van der Waals surface area contributed by atoms with Crippen molar-refractivity contribution in [1.82, 2.24) is 25.6 Å². The molecule has 0 bridgehead atoms. The van der Waals surface area contributed by atoms with Gasteiger partial charge in [0.15, 0.2) is 5.76 Å². The number of aromatic nitrogens is 3. The van der Waals surface area contributed by atoms with E-state index in [9.17, 15) is 22.8 Å². The zero-order valence-electron chi connectivity index (χ0n) is 20.0. The van der Waals surface area contributed by atoms with Crippen molar-refractivity contribution in [2.75, 3.05) is 24.5 Å². The Kier molecular flexibility index (Phi) is 7.47. The number of rotatable bonds is 7. The molecule has 0 spiro atoms. The van der Waals surface area contributed by atoms with Gasteiger partial charge in [0.25, 0.3) is 11.1 Å². The summed E-state index contributed by atoms with van der Waals surface area (Å²) in [6.45, 7) is 2.36. The van der Waals surface area contributed by atoms with E-state index in [0.29, 0.717) is 29.7 Å². The Balaban J connectivity index is 1.16. The van der Waals surface area contributed by atoms with Gasteiger partial charge in [0.2, 0.25) is 5.95 Å². The van der Waals surface area contributed by atoms with Crippen LogP contribution in [0.2, 0.25) is 0 Å². The summed E-state index contributed by atoms with van der Waals surface area (Å²) in [5.41, 5.74) is 0.210. The number of hydrogen-bond donors (Lipinski definition) is 2. The molecule has 0 unspecified atom stereocenters. The van der Waals surface area contributed by atoms with Gasteiger partial charge in [-0.1, -0.05) is 0 Å². The molecule has 2 aliphatic heterocycles. The number of pyridine rings is 1. The van der Waals surface area contributed by atoms with Gasteiger partial charge in [-0.05, 0) is 79.0 Å².